The molecule has 3 nitrogen and oxygen atoms in total. The second-order valence-electron chi connectivity index (χ2n) is 14.1. The van der Waals surface area contributed by atoms with E-state index in [0.717, 1.165) is 43.6 Å². The molecule has 32 heavy (non-hydrogen) atoms. The molecule has 3 unspecified atom stereocenters. The van der Waals surface area contributed by atoms with E-state index in [1.807, 2.05) is 0 Å². The van der Waals surface area contributed by atoms with E-state index in [1.165, 1.54) is 38.5 Å². The summed E-state index contributed by atoms with van der Waals surface area (Å²) in [6.07, 6.45) is 13.6. The first-order valence-electron chi connectivity index (χ1n) is 13.8. The Labute approximate surface area is 194 Å². The maximum absolute atomic E-state index is 10.4. The lowest BCUT2D eigenvalue weighted by Gasteiger charge is -2.50. The number of ether oxygens (including phenoxy) is 2. The van der Waals surface area contributed by atoms with Crippen LogP contribution in [0, 0.1) is 45.8 Å². The molecule has 5 aliphatic carbocycles. The molecule has 1 N–H and O–H groups in total. The molecule has 2 saturated heterocycles. The zero-order valence-corrected chi connectivity index (χ0v) is 21.0. The summed E-state index contributed by atoms with van der Waals surface area (Å²) in [6.45, 7) is 13.2. The highest BCUT2D eigenvalue weighted by molar-refractivity contribution is 5.36. The standard InChI is InChI=1S/C29H44O3/c1-17-12-24-27(5,31-15-17)18(2)29(32-24)11-9-22-21-7-6-19-13-20(30)8-10-25(19,3)23(21)14-28(22)16-26(28,29)4/h6,17-18,20-24,30H,7-16H2,1-5H3/t17-,18+,20?,21-,22-,23-,24+,25-,26?,27+,28?,29+/m0/s1. The van der Waals surface area contributed by atoms with Crippen molar-refractivity contribution in [3.63, 3.8) is 0 Å². The zero-order valence-electron chi connectivity index (χ0n) is 21.0. The molecule has 12 atom stereocenters. The fourth-order valence-corrected chi connectivity index (χ4v) is 11.1. The monoisotopic (exact) mass is 440 g/mol. The minimum atomic E-state index is -0.113. The van der Waals surface area contributed by atoms with Gasteiger partial charge >= 0.3 is 0 Å². The van der Waals surface area contributed by atoms with E-state index in [2.05, 4.69) is 40.7 Å². The first-order chi connectivity index (χ1) is 15.1. The van der Waals surface area contributed by atoms with Crippen LogP contribution < -0.4 is 0 Å². The number of hydrogen-bond acceptors (Lipinski definition) is 3. The normalized spacial score (nSPS) is 64.8. The summed E-state index contributed by atoms with van der Waals surface area (Å²) in [5, 5.41) is 10.4. The second kappa shape index (κ2) is 6.05. The van der Waals surface area contributed by atoms with Crippen molar-refractivity contribution in [2.75, 3.05) is 6.61 Å². The maximum Gasteiger partial charge on any atom is 0.0968 e. The lowest BCUT2D eigenvalue weighted by atomic mass is 9.56. The van der Waals surface area contributed by atoms with Gasteiger partial charge in [0.1, 0.15) is 0 Å². The fourth-order valence-electron chi connectivity index (χ4n) is 11.1. The summed E-state index contributed by atoms with van der Waals surface area (Å²) in [4.78, 5) is 0. The molecule has 6 fully saturated rings. The number of allylic oxidation sites excluding steroid dienone is 1. The van der Waals surface area contributed by atoms with Crippen molar-refractivity contribution < 1.29 is 14.6 Å². The van der Waals surface area contributed by atoms with Crippen molar-refractivity contribution >= 4 is 0 Å². The van der Waals surface area contributed by atoms with Gasteiger partial charge in [-0.05, 0) is 99.2 Å². The summed E-state index contributed by atoms with van der Waals surface area (Å²) in [5.41, 5.74) is 2.59. The van der Waals surface area contributed by atoms with Gasteiger partial charge in [0.05, 0.1) is 30.0 Å². The highest BCUT2D eigenvalue weighted by atomic mass is 16.6. The summed E-state index contributed by atoms with van der Waals surface area (Å²) < 4.78 is 13.9. The highest BCUT2D eigenvalue weighted by Gasteiger charge is 2.85. The molecule has 7 aliphatic rings. The maximum atomic E-state index is 10.4. The van der Waals surface area contributed by atoms with Crippen LogP contribution in [0.2, 0.25) is 0 Å². The largest absolute Gasteiger partial charge is 0.393 e. The van der Waals surface area contributed by atoms with Crippen LogP contribution in [0.1, 0.15) is 92.4 Å². The molecular weight excluding hydrogens is 396 g/mol. The molecule has 2 heterocycles. The second-order valence-corrected chi connectivity index (χ2v) is 14.1. The van der Waals surface area contributed by atoms with Crippen LogP contribution in [0.15, 0.2) is 11.6 Å². The molecule has 0 radical (unpaired) electrons. The van der Waals surface area contributed by atoms with E-state index in [-0.39, 0.29) is 23.4 Å². The minimum absolute atomic E-state index is 0.000390. The highest BCUT2D eigenvalue weighted by Crippen LogP contribution is 2.87. The predicted molar refractivity (Wildman–Crippen MR) is 125 cm³/mol. The molecule has 2 aliphatic heterocycles. The number of fused-ring (bicyclic) bond motifs is 6. The van der Waals surface area contributed by atoms with Crippen molar-refractivity contribution in [2.24, 2.45) is 45.8 Å². The third kappa shape index (κ3) is 2.13. The molecule has 7 rings (SSSR count). The third-order valence-electron chi connectivity index (χ3n) is 13.2. The van der Waals surface area contributed by atoms with Gasteiger partial charge in [-0.2, -0.15) is 0 Å². The number of rotatable bonds is 0. The Hall–Kier alpha value is -0.380. The van der Waals surface area contributed by atoms with Gasteiger partial charge in [0.25, 0.3) is 0 Å². The molecule has 3 heteroatoms. The Morgan fingerprint density at radius 2 is 1.88 bits per heavy atom. The van der Waals surface area contributed by atoms with Crippen molar-refractivity contribution in [2.45, 2.75) is 116 Å². The first-order valence-corrected chi connectivity index (χ1v) is 13.8. The van der Waals surface area contributed by atoms with Crippen LogP contribution in [0.3, 0.4) is 0 Å². The summed E-state index contributed by atoms with van der Waals surface area (Å²) in [6, 6.07) is 0. The van der Waals surface area contributed by atoms with E-state index >= 15 is 0 Å². The average Bonchev–Trinajstić information content (AvgIpc) is 3.15. The van der Waals surface area contributed by atoms with E-state index < -0.39 is 0 Å². The van der Waals surface area contributed by atoms with E-state index in [9.17, 15) is 5.11 Å². The van der Waals surface area contributed by atoms with Gasteiger partial charge < -0.3 is 14.6 Å². The van der Waals surface area contributed by atoms with Crippen LogP contribution in [-0.2, 0) is 9.47 Å². The van der Waals surface area contributed by atoms with E-state index in [4.69, 9.17) is 9.47 Å². The molecule has 178 valence electrons. The van der Waals surface area contributed by atoms with Gasteiger partial charge in [-0.15, -0.1) is 0 Å². The average molecular weight is 441 g/mol. The van der Waals surface area contributed by atoms with Gasteiger partial charge in [0.2, 0.25) is 0 Å². The quantitative estimate of drug-likeness (QED) is 0.477. The number of aliphatic hydroxyl groups is 1. The SMILES string of the molecule is C[C@@H]1CO[C@]2(C)[C@@H](C)[C@@]3(CC[C@H]4[C@@H]5CC=C6CC(O)CC[C@]6(C)[C@H]5CC45CC53C)O[C@@H]2C1. The van der Waals surface area contributed by atoms with Crippen molar-refractivity contribution in [3.8, 4) is 0 Å². The predicted octanol–water partition coefficient (Wildman–Crippen LogP) is 5.90. The molecule has 4 saturated carbocycles. The molecule has 2 spiro atoms. The van der Waals surface area contributed by atoms with Gasteiger partial charge in [-0.1, -0.05) is 39.3 Å². The lowest BCUT2D eigenvalue weighted by Crippen LogP contribution is -2.54. The molecule has 0 bridgehead atoms. The summed E-state index contributed by atoms with van der Waals surface area (Å²) in [5.74, 6) is 3.60. The zero-order chi connectivity index (χ0) is 22.3. The topological polar surface area (TPSA) is 38.7 Å². The van der Waals surface area contributed by atoms with Gasteiger partial charge in [-0.3, -0.25) is 0 Å². The lowest BCUT2D eigenvalue weighted by molar-refractivity contribution is -0.164. The van der Waals surface area contributed by atoms with Crippen LogP contribution in [-0.4, -0.2) is 35.1 Å². The Kier molecular flexibility index (Phi) is 3.96. The van der Waals surface area contributed by atoms with Gasteiger partial charge in [0, 0.05) is 11.3 Å². The summed E-state index contributed by atoms with van der Waals surface area (Å²) in [7, 11) is 0. The third-order valence-corrected chi connectivity index (χ3v) is 13.2. The van der Waals surface area contributed by atoms with Crippen LogP contribution >= 0.6 is 0 Å². The number of hydrogen-bond donors (Lipinski definition) is 1. The molecule has 0 aromatic heterocycles. The Morgan fingerprint density at radius 3 is 2.69 bits per heavy atom. The van der Waals surface area contributed by atoms with Gasteiger partial charge in [-0.25, -0.2) is 0 Å². The van der Waals surface area contributed by atoms with E-state index in [1.54, 1.807) is 5.57 Å². The van der Waals surface area contributed by atoms with Crippen LogP contribution in [0.4, 0.5) is 0 Å². The molecular formula is C29H44O3. The number of aliphatic hydroxyl groups excluding tert-OH is 1. The van der Waals surface area contributed by atoms with Crippen LogP contribution in [0.5, 0.6) is 0 Å². The Balaban J connectivity index is 1.24. The van der Waals surface area contributed by atoms with Gasteiger partial charge in [0.15, 0.2) is 0 Å². The fraction of sp³-hybridized carbons (Fsp3) is 0.931. The Morgan fingerprint density at radius 1 is 1.06 bits per heavy atom. The molecule has 0 aromatic rings. The van der Waals surface area contributed by atoms with Crippen LogP contribution in [0.25, 0.3) is 0 Å². The smallest absolute Gasteiger partial charge is 0.0968 e. The van der Waals surface area contributed by atoms with Crippen molar-refractivity contribution in [1.82, 2.24) is 0 Å². The summed E-state index contributed by atoms with van der Waals surface area (Å²) >= 11 is 0. The minimum Gasteiger partial charge on any atom is -0.393 e. The molecule has 0 amide bonds. The van der Waals surface area contributed by atoms with Crippen molar-refractivity contribution in [1.29, 1.82) is 0 Å². The van der Waals surface area contributed by atoms with Crippen molar-refractivity contribution in [3.05, 3.63) is 11.6 Å². The first kappa shape index (κ1) is 20.9. The molecule has 0 aromatic carbocycles. The Bertz CT molecular complexity index is 882. The van der Waals surface area contributed by atoms with E-state index in [0.29, 0.717) is 28.1 Å².